The Balaban J connectivity index is 1.18. The van der Waals surface area contributed by atoms with E-state index >= 15 is 0 Å². The van der Waals surface area contributed by atoms with Crippen molar-refractivity contribution in [3.05, 3.63) is 160 Å². The lowest BCUT2D eigenvalue weighted by molar-refractivity contribution is 0.332. The molecule has 3 heteroatoms. The predicted molar refractivity (Wildman–Crippen MR) is 197 cm³/mol. The number of fused-ring (bicyclic) bond motifs is 7. The van der Waals surface area contributed by atoms with Crippen LogP contribution in [0.3, 0.4) is 0 Å². The summed E-state index contributed by atoms with van der Waals surface area (Å²) >= 11 is 0. The highest BCUT2D eigenvalue weighted by Crippen LogP contribution is 2.48. The van der Waals surface area contributed by atoms with E-state index in [0.717, 1.165) is 28.3 Å². The van der Waals surface area contributed by atoms with Crippen LogP contribution in [0.2, 0.25) is 0 Å². The molecular formula is C44H39N3. The van der Waals surface area contributed by atoms with Gasteiger partial charge in [-0.05, 0) is 88.4 Å². The molecule has 0 saturated heterocycles. The topological polar surface area (TPSA) is 29.3 Å². The van der Waals surface area contributed by atoms with Crippen LogP contribution in [0, 0.1) is 0 Å². The van der Waals surface area contributed by atoms with Crippen molar-refractivity contribution in [1.82, 2.24) is 9.88 Å². The number of para-hydroxylation sites is 1. The first-order valence-electron chi connectivity index (χ1n) is 16.9. The van der Waals surface area contributed by atoms with E-state index in [2.05, 4.69) is 165 Å². The zero-order valence-corrected chi connectivity index (χ0v) is 27.5. The van der Waals surface area contributed by atoms with Gasteiger partial charge in [0.2, 0.25) is 0 Å². The van der Waals surface area contributed by atoms with Crippen LogP contribution in [0.15, 0.2) is 132 Å². The molecule has 0 spiro atoms. The number of benzene rings is 5. The molecule has 2 heterocycles. The highest BCUT2D eigenvalue weighted by molar-refractivity contribution is 6.10. The van der Waals surface area contributed by atoms with Crippen LogP contribution in [0.25, 0.3) is 39.3 Å². The molecule has 0 radical (unpaired) electrons. The van der Waals surface area contributed by atoms with Crippen LogP contribution < -0.4 is 5.32 Å². The molecule has 1 aliphatic heterocycles. The van der Waals surface area contributed by atoms with E-state index < -0.39 is 0 Å². The molecule has 1 N–H and O–H groups in total. The fraction of sp³-hybridized carbons (Fsp3) is 0.205. The van der Waals surface area contributed by atoms with Crippen molar-refractivity contribution < 1.29 is 0 Å². The van der Waals surface area contributed by atoms with Gasteiger partial charge in [0.05, 0.1) is 22.8 Å². The van der Waals surface area contributed by atoms with E-state index in [1.807, 2.05) is 0 Å². The smallest absolute Gasteiger partial charge is 0.134 e. The maximum absolute atomic E-state index is 5.28. The quantitative estimate of drug-likeness (QED) is 0.212. The summed E-state index contributed by atoms with van der Waals surface area (Å²) in [7, 11) is 0. The van der Waals surface area contributed by atoms with Gasteiger partial charge in [-0.2, -0.15) is 0 Å². The number of aromatic nitrogens is 1. The Morgan fingerprint density at radius 3 is 2.11 bits per heavy atom. The van der Waals surface area contributed by atoms with Gasteiger partial charge in [0, 0.05) is 33.2 Å². The molecule has 47 heavy (non-hydrogen) atoms. The van der Waals surface area contributed by atoms with Gasteiger partial charge in [0.25, 0.3) is 0 Å². The Bertz CT molecular complexity index is 2310. The lowest BCUT2D eigenvalue weighted by atomic mass is 9.63. The van der Waals surface area contributed by atoms with Crippen LogP contribution in [0.5, 0.6) is 0 Å². The summed E-state index contributed by atoms with van der Waals surface area (Å²) in [6.07, 6.45) is 6.86. The second-order valence-electron chi connectivity index (χ2n) is 14.8. The second kappa shape index (κ2) is 10.2. The number of nitrogens with zero attached hydrogens (tertiary/aromatic N) is 2. The summed E-state index contributed by atoms with van der Waals surface area (Å²) in [6.45, 7) is 9.65. The zero-order chi connectivity index (χ0) is 31.9. The number of hydrogen-bond donors (Lipinski definition) is 1. The normalized spacial score (nSPS) is 19.1. The van der Waals surface area contributed by atoms with Crippen LogP contribution in [-0.2, 0) is 10.8 Å². The predicted octanol–water partition coefficient (Wildman–Crippen LogP) is 10.7. The van der Waals surface area contributed by atoms with E-state index in [1.54, 1.807) is 0 Å². The van der Waals surface area contributed by atoms with Gasteiger partial charge in [0.15, 0.2) is 0 Å². The van der Waals surface area contributed by atoms with Gasteiger partial charge in [-0.25, -0.2) is 4.99 Å². The molecule has 1 atom stereocenters. The third-order valence-corrected chi connectivity index (χ3v) is 10.9. The fourth-order valence-electron chi connectivity index (χ4n) is 8.14. The first kappa shape index (κ1) is 28.1. The molecule has 9 rings (SSSR count). The van der Waals surface area contributed by atoms with Gasteiger partial charge in [0.1, 0.15) is 5.84 Å². The molecule has 5 aromatic carbocycles. The first-order valence-corrected chi connectivity index (χ1v) is 16.9. The molecule has 0 amide bonds. The summed E-state index contributed by atoms with van der Waals surface area (Å²) in [4.78, 5) is 5.28. The Kier molecular flexibility index (Phi) is 6.08. The maximum Gasteiger partial charge on any atom is 0.134 e. The molecular weight excluding hydrogens is 571 g/mol. The van der Waals surface area contributed by atoms with Crippen molar-refractivity contribution in [1.29, 1.82) is 0 Å². The van der Waals surface area contributed by atoms with E-state index in [-0.39, 0.29) is 16.9 Å². The Labute approximate surface area is 277 Å². The largest absolute Gasteiger partial charge is 0.359 e. The summed E-state index contributed by atoms with van der Waals surface area (Å²) in [5.41, 5.74) is 13.9. The van der Waals surface area contributed by atoms with Crippen molar-refractivity contribution in [3.8, 4) is 5.69 Å². The van der Waals surface area contributed by atoms with Crippen molar-refractivity contribution >= 4 is 39.4 Å². The Hall–Kier alpha value is -5.15. The SMILES string of the molecule is CC1(C)CCC(C)(C)c2cc3c(cc21)c1ccccc1n3-c1ccc(C2=NC(c3ccccc3)=C3C=Cc4ccccc4C3N2)cc1. The van der Waals surface area contributed by atoms with Crippen molar-refractivity contribution in [2.24, 2.45) is 4.99 Å². The molecule has 1 aromatic heterocycles. The van der Waals surface area contributed by atoms with Crippen LogP contribution in [0.1, 0.15) is 80.0 Å². The average molecular weight is 610 g/mol. The van der Waals surface area contributed by atoms with Crippen molar-refractivity contribution in [3.63, 3.8) is 0 Å². The van der Waals surface area contributed by atoms with Crippen LogP contribution in [-0.4, -0.2) is 10.4 Å². The van der Waals surface area contributed by atoms with Gasteiger partial charge in [-0.1, -0.05) is 113 Å². The zero-order valence-electron chi connectivity index (χ0n) is 27.5. The van der Waals surface area contributed by atoms with Crippen LogP contribution in [0.4, 0.5) is 0 Å². The molecule has 0 fully saturated rings. The third-order valence-electron chi connectivity index (χ3n) is 10.9. The number of aliphatic imine (C=N–C) groups is 1. The summed E-state index contributed by atoms with van der Waals surface area (Å²) in [5, 5.41) is 6.47. The van der Waals surface area contributed by atoms with Gasteiger partial charge >= 0.3 is 0 Å². The fourth-order valence-corrected chi connectivity index (χ4v) is 8.14. The maximum atomic E-state index is 5.28. The summed E-state index contributed by atoms with van der Waals surface area (Å²) in [5.74, 6) is 0.898. The van der Waals surface area contributed by atoms with Crippen molar-refractivity contribution in [2.45, 2.75) is 57.4 Å². The van der Waals surface area contributed by atoms with Crippen LogP contribution >= 0.6 is 0 Å². The minimum atomic E-state index is 0.0368. The first-order chi connectivity index (χ1) is 22.8. The minimum absolute atomic E-state index is 0.0368. The van der Waals surface area contributed by atoms with E-state index in [0.29, 0.717) is 0 Å². The minimum Gasteiger partial charge on any atom is -0.359 e. The lowest BCUT2D eigenvalue weighted by Gasteiger charge is -2.42. The molecule has 6 aromatic rings. The standard InChI is InChI=1S/C44H39N3/c1-43(2)24-25-44(3,4)37-27-39-35(26-36(37)43)33-16-10-11-17-38(33)47(39)31-21-18-30(19-22-31)42-45-40(29-13-6-5-7-14-29)34-23-20-28-12-8-9-15-32(28)41(34)46-42/h5-23,26-27,41H,24-25H2,1-4H3,(H,45,46). The van der Waals surface area contributed by atoms with Crippen molar-refractivity contribution in [2.75, 3.05) is 0 Å². The van der Waals surface area contributed by atoms with E-state index in [4.69, 9.17) is 4.99 Å². The molecule has 2 aliphatic carbocycles. The average Bonchev–Trinajstić information content (AvgIpc) is 3.43. The summed E-state index contributed by atoms with van der Waals surface area (Å²) < 4.78 is 2.46. The van der Waals surface area contributed by atoms with Gasteiger partial charge < -0.3 is 9.88 Å². The molecule has 3 nitrogen and oxygen atoms in total. The molecule has 0 bridgehead atoms. The molecule has 1 unspecified atom stereocenters. The Morgan fingerprint density at radius 1 is 0.638 bits per heavy atom. The number of nitrogens with one attached hydrogen (secondary N) is 1. The monoisotopic (exact) mass is 609 g/mol. The van der Waals surface area contributed by atoms with Gasteiger partial charge in [-0.15, -0.1) is 0 Å². The summed E-state index contributed by atoms with van der Waals surface area (Å²) in [6, 6.07) is 42.1. The number of hydrogen-bond acceptors (Lipinski definition) is 2. The highest BCUT2D eigenvalue weighted by Gasteiger charge is 2.38. The lowest BCUT2D eigenvalue weighted by Crippen LogP contribution is -2.35. The number of amidine groups is 1. The molecule has 3 aliphatic rings. The van der Waals surface area contributed by atoms with E-state index in [1.165, 1.54) is 62.5 Å². The highest BCUT2D eigenvalue weighted by atomic mass is 15.1. The second-order valence-corrected chi connectivity index (χ2v) is 14.8. The third kappa shape index (κ3) is 4.36. The van der Waals surface area contributed by atoms with Gasteiger partial charge in [-0.3, -0.25) is 0 Å². The Morgan fingerprint density at radius 2 is 1.32 bits per heavy atom. The molecule has 0 saturated carbocycles. The van der Waals surface area contributed by atoms with E-state index in [9.17, 15) is 0 Å². The molecule has 230 valence electrons. The number of rotatable bonds is 3.